The van der Waals surface area contributed by atoms with Crippen LogP contribution < -0.4 is 5.32 Å². The molecule has 1 aromatic rings. The second-order valence-corrected chi connectivity index (χ2v) is 5.90. The SMILES string of the molecule is CC(C)OCC(=O)Nc1ccc(S(C)(=O)=O)nn1. The molecule has 1 amide bonds. The quantitative estimate of drug-likeness (QED) is 0.825. The standard InChI is InChI=1S/C10H15N3O4S/c1-7(2)17-6-9(14)11-8-4-5-10(13-12-8)18(3,15)16/h4-5,7H,6H2,1-3H3,(H,11,12,14). The van der Waals surface area contributed by atoms with Gasteiger partial charge in [0.15, 0.2) is 20.7 Å². The van der Waals surface area contributed by atoms with E-state index >= 15 is 0 Å². The molecular formula is C10H15N3O4S. The fraction of sp³-hybridized carbons (Fsp3) is 0.500. The lowest BCUT2D eigenvalue weighted by Gasteiger charge is -2.07. The van der Waals surface area contributed by atoms with Crippen molar-refractivity contribution in [3.63, 3.8) is 0 Å². The Kier molecular flexibility index (Phi) is 4.74. The number of hydrogen-bond acceptors (Lipinski definition) is 6. The highest BCUT2D eigenvalue weighted by Gasteiger charge is 2.10. The first-order valence-corrected chi connectivity index (χ1v) is 7.13. The highest BCUT2D eigenvalue weighted by molar-refractivity contribution is 7.90. The number of aromatic nitrogens is 2. The van der Waals surface area contributed by atoms with Crippen molar-refractivity contribution in [1.82, 2.24) is 10.2 Å². The number of sulfone groups is 1. The average molecular weight is 273 g/mol. The summed E-state index contributed by atoms with van der Waals surface area (Å²) in [5.41, 5.74) is 0. The van der Waals surface area contributed by atoms with E-state index < -0.39 is 9.84 Å². The molecule has 1 aromatic heterocycles. The minimum atomic E-state index is -3.38. The van der Waals surface area contributed by atoms with Crippen LogP contribution in [0, 0.1) is 0 Å². The van der Waals surface area contributed by atoms with Gasteiger partial charge in [-0.15, -0.1) is 10.2 Å². The zero-order valence-electron chi connectivity index (χ0n) is 10.4. The van der Waals surface area contributed by atoms with Crippen LogP contribution in [0.25, 0.3) is 0 Å². The van der Waals surface area contributed by atoms with E-state index in [0.29, 0.717) is 0 Å². The number of nitrogens with zero attached hydrogens (tertiary/aromatic N) is 2. The Bertz CT molecular complexity index is 510. The lowest BCUT2D eigenvalue weighted by molar-refractivity contribution is -0.121. The third kappa shape index (κ3) is 4.76. The van der Waals surface area contributed by atoms with Gasteiger partial charge in [-0.1, -0.05) is 0 Å². The van der Waals surface area contributed by atoms with Gasteiger partial charge in [-0.3, -0.25) is 4.79 Å². The zero-order chi connectivity index (χ0) is 13.8. The fourth-order valence-corrected chi connectivity index (χ4v) is 1.51. The Balaban J connectivity index is 2.62. The number of carbonyl (C=O) groups excluding carboxylic acids is 1. The molecule has 0 unspecified atom stereocenters. The van der Waals surface area contributed by atoms with E-state index in [-0.39, 0.29) is 29.5 Å². The molecule has 8 heteroatoms. The highest BCUT2D eigenvalue weighted by Crippen LogP contribution is 2.06. The van der Waals surface area contributed by atoms with Crippen LogP contribution in [0.15, 0.2) is 17.2 Å². The molecule has 0 radical (unpaired) electrons. The van der Waals surface area contributed by atoms with E-state index in [4.69, 9.17) is 4.74 Å². The molecule has 0 bridgehead atoms. The third-order valence-corrected chi connectivity index (χ3v) is 2.81. The highest BCUT2D eigenvalue weighted by atomic mass is 32.2. The summed E-state index contributed by atoms with van der Waals surface area (Å²) in [7, 11) is -3.38. The lowest BCUT2D eigenvalue weighted by atomic mass is 10.5. The van der Waals surface area contributed by atoms with Gasteiger partial charge in [0.2, 0.25) is 0 Å². The van der Waals surface area contributed by atoms with Crippen LogP contribution in [0.3, 0.4) is 0 Å². The molecule has 0 aliphatic rings. The summed E-state index contributed by atoms with van der Waals surface area (Å²) in [4.78, 5) is 11.4. The van der Waals surface area contributed by atoms with Gasteiger partial charge in [-0.25, -0.2) is 8.42 Å². The van der Waals surface area contributed by atoms with Crippen LogP contribution >= 0.6 is 0 Å². The maximum Gasteiger partial charge on any atom is 0.251 e. The molecule has 0 saturated carbocycles. The predicted molar refractivity (Wildman–Crippen MR) is 64.9 cm³/mol. The van der Waals surface area contributed by atoms with Crippen molar-refractivity contribution < 1.29 is 17.9 Å². The van der Waals surface area contributed by atoms with E-state index in [1.54, 1.807) is 0 Å². The smallest absolute Gasteiger partial charge is 0.251 e. The van der Waals surface area contributed by atoms with E-state index in [1.165, 1.54) is 12.1 Å². The number of ether oxygens (including phenoxy) is 1. The molecule has 0 aliphatic carbocycles. The fourth-order valence-electron chi connectivity index (χ4n) is 1.01. The summed E-state index contributed by atoms with van der Waals surface area (Å²) in [6.45, 7) is 3.54. The topological polar surface area (TPSA) is 98.2 Å². The summed E-state index contributed by atoms with van der Waals surface area (Å²) in [6, 6.07) is 2.65. The van der Waals surface area contributed by atoms with Gasteiger partial charge in [-0.05, 0) is 26.0 Å². The van der Waals surface area contributed by atoms with Crippen LogP contribution in [-0.2, 0) is 19.4 Å². The van der Waals surface area contributed by atoms with Crippen LogP contribution in [0.5, 0.6) is 0 Å². The summed E-state index contributed by atoms with van der Waals surface area (Å²) in [5.74, 6) is -0.190. The predicted octanol–water partition coefficient (Wildman–Crippen LogP) is 0.244. The van der Waals surface area contributed by atoms with Crippen LogP contribution in [0.1, 0.15) is 13.8 Å². The molecule has 1 N–H and O–H groups in total. The largest absolute Gasteiger partial charge is 0.369 e. The summed E-state index contributed by atoms with van der Waals surface area (Å²) >= 11 is 0. The molecule has 0 fully saturated rings. The number of carbonyl (C=O) groups is 1. The van der Waals surface area contributed by atoms with E-state index in [1.807, 2.05) is 13.8 Å². The number of rotatable bonds is 5. The molecule has 1 heterocycles. The molecule has 0 aliphatic heterocycles. The van der Waals surface area contributed by atoms with Gasteiger partial charge >= 0.3 is 0 Å². The van der Waals surface area contributed by atoms with Gasteiger partial charge in [0.1, 0.15) is 6.61 Å². The number of anilines is 1. The van der Waals surface area contributed by atoms with Crippen molar-refractivity contribution in [2.75, 3.05) is 18.2 Å². The van der Waals surface area contributed by atoms with Crippen molar-refractivity contribution in [2.45, 2.75) is 25.0 Å². The first kappa shape index (κ1) is 14.5. The van der Waals surface area contributed by atoms with Gasteiger partial charge in [0.05, 0.1) is 6.10 Å². The van der Waals surface area contributed by atoms with Crippen LogP contribution in [-0.4, -0.2) is 43.5 Å². The molecule has 18 heavy (non-hydrogen) atoms. The minimum absolute atomic E-state index is 0.0468. The van der Waals surface area contributed by atoms with Crippen molar-refractivity contribution in [3.8, 4) is 0 Å². The van der Waals surface area contributed by atoms with E-state index in [0.717, 1.165) is 6.26 Å². The minimum Gasteiger partial charge on any atom is -0.369 e. The Morgan fingerprint density at radius 1 is 1.39 bits per heavy atom. The van der Waals surface area contributed by atoms with Gasteiger partial charge in [0, 0.05) is 6.26 Å². The maximum absolute atomic E-state index is 11.4. The Morgan fingerprint density at radius 3 is 2.50 bits per heavy atom. The molecule has 0 aromatic carbocycles. The first-order chi connectivity index (χ1) is 8.29. The molecule has 100 valence electrons. The Morgan fingerprint density at radius 2 is 2.06 bits per heavy atom. The zero-order valence-corrected chi connectivity index (χ0v) is 11.2. The second-order valence-electron chi connectivity index (χ2n) is 3.94. The van der Waals surface area contributed by atoms with Gasteiger partial charge in [-0.2, -0.15) is 0 Å². The first-order valence-electron chi connectivity index (χ1n) is 5.24. The average Bonchev–Trinajstić information content (AvgIpc) is 2.26. The van der Waals surface area contributed by atoms with E-state index in [2.05, 4.69) is 15.5 Å². The molecule has 0 spiro atoms. The molecular weight excluding hydrogens is 258 g/mol. The number of nitrogens with one attached hydrogen (secondary N) is 1. The molecule has 1 rings (SSSR count). The number of amides is 1. The maximum atomic E-state index is 11.4. The van der Waals surface area contributed by atoms with Crippen molar-refractivity contribution in [2.24, 2.45) is 0 Å². The summed E-state index contributed by atoms with van der Waals surface area (Å²) in [5, 5.41) is 9.40. The van der Waals surface area contributed by atoms with E-state index in [9.17, 15) is 13.2 Å². The lowest BCUT2D eigenvalue weighted by Crippen LogP contribution is -2.21. The van der Waals surface area contributed by atoms with Gasteiger partial charge < -0.3 is 10.1 Å². The Labute approximate surface area is 105 Å². The summed E-state index contributed by atoms with van der Waals surface area (Å²) < 4.78 is 27.4. The van der Waals surface area contributed by atoms with Gasteiger partial charge in [0.25, 0.3) is 5.91 Å². The molecule has 7 nitrogen and oxygen atoms in total. The molecule has 0 atom stereocenters. The number of hydrogen-bond donors (Lipinski definition) is 1. The summed E-state index contributed by atoms with van der Waals surface area (Å²) in [6.07, 6.45) is 0.987. The second kappa shape index (κ2) is 5.87. The third-order valence-electron chi connectivity index (χ3n) is 1.84. The normalized spacial score (nSPS) is 11.6. The van der Waals surface area contributed by atoms with Crippen LogP contribution in [0.4, 0.5) is 5.82 Å². The Hall–Kier alpha value is -1.54. The van der Waals surface area contributed by atoms with Crippen molar-refractivity contribution in [3.05, 3.63) is 12.1 Å². The molecule has 0 saturated heterocycles. The van der Waals surface area contributed by atoms with Crippen molar-refractivity contribution >= 4 is 21.6 Å². The van der Waals surface area contributed by atoms with Crippen molar-refractivity contribution in [1.29, 1.82) is 0 Å². The monoisotopic (exact) mass is 273 g/mol. The van der Waals surface area contributed by atoms with Crippen LogP contribution in [0.2, 0.25) is 0 Å².